The second-order valence-corrected chi connectivity index (χ2v) is 7.50. The third kappa shape index (κ3) is 2.73. The Morgan fingerprint density at radius 2 is 1.92 bits per heavy atom. The highest BCUT2D eigenvalue weighted by atomic mass is 32.2. The lowest BCUT2D eigenvalue weighted by molar-refractivity contribution is -0.656. The fourth-order valence-corrected chi connectivity index (χ4v) is 4.82. The first kappa shape index (κ1) is 17.2. The average Bonchev–Trinajstić information content (AvgIpc) is 3.02. The fourth-order valence-electron chi connectivity index (χ4n) is 3.65. The van der Waals surface area contributed by atoms with Gasteiger partial charge in [0, 0.05) is 17.4 Å². The third-order valence-electron chi connectivity index (χ3n) is 4.96. The molecule has 0 amide bonds. The molecule has 2 aromatic rings. The van der Waals surface area contributed by atoms with Crippen LogP contribution in [0.2, 0.25) is 0 Å². The summed E-state index contributed by atoms with van der Waals surface area (Å²) in [7, 11) is 3.33. The standard InChI is InChI=1S/C20H23N2O3S/c1-24-16-9-10-18(25-2)17(13-16)21-14-20(23,15-7-4-3-5-8-15)22-11-6-12-26-19(21)22/h3-5,7-10,13,23H,6,11-12,14H2,1-2H3/q+1/t20-/m0/s1. The van der Waals surface area contributed by atoms with E-state index in [1.165, 1.54) is 0 Å². The molecule has 2 heterocycles. The first-order chi connectivity index (χ1) is 12.7. The molecule has 2 aromatic carbocycles. The van der Waals surface area contributed by atoms with Gasteiger partial charge in [-0.3, -0.25) is 0 Å². The van der Waals surface area contributed by atoms with Gasteiger partial charge in [-0.1, -0.05) is 30.3 Å². The molecule has 1 atom stereocenters. The van der Waals surface area contributed by atoms with Gasteiger partial charge in [-0.15, -0.1) is 0 Å². The average molecular weight is 371 g/mol. The summed E-state index contributed by atoms with van der Waals surface area (Å²) in [6.07, 6.45) is 1.05. The summed E-state index contributed by atoms with van der Waals surface area (Å²) in [6.45, 7) is 1.28. The molecule has 6 heteroatoms. The highest BCUT2D eigenvalue weighted by molar-refractivity contribution is 8.13. The highest BCUT2D eigenvalue weighted by Gasteiger charge is 2.53. The van der Waals surface area contributed by atoms with Crippen LogP contribution in [-0.2, 0) is 5.72 Å². The number of aliphatic hydroxyl groups is 1. The SMILES string of the molecule is COc1ccc(OC)c(N2C[C@](O)(c3ccccc3)[N+]3=C2SCCC3)c1. The van der Waals surface area contributed by atoms with E-state index in [2.05, 4.69) is 9.48 Å². The van der Waals surface area contributed by atoms with Gasteiger partial charge in [-0.05, 0) is 30.3 Å². The Labute approximate surface area is 157 Å². The molecule has 2 aliphatic heterocycles. The molecule has 1 N–H and O–H groups in total. The topological polar surface area (TPSA) is 44.9 Å². The number of rotatable bonds is 4. The summed E-state index contributed by atoms with van der Waals surface area (Å²) in [4.78, 5) is 2.15. The van der Waals surface area contributed by atoms with Crippen molar-refractivity contribution in [2.75, 3.05) is 38.0 Å². The Kier molecular flexibility index (Phi) is 4.54. The van der Waals surface area contributed by atoms with Crippen LogP contribution < -0.4 is 14.4 Å². The lowest BCUT2D eigenvalue weighted by Gasteiger charge is -2.24. The van der Waals surface area contributed by atoms with E-state index in [1.807, 2.05) is 48.5 Å². The molecule has 0 bridgehead atoms. The van der Waals surface area contributed by atoms with Gasteiger partial charge in [0.25, 0.3) is 5.72 Å². The number of methoxy groups -OCH3 is 2. The van der Waals surface area contributed by atoms with E-state index in [-0.39, 0.29) is 0 Å². The van der Waals surface area contributed by atoms with Gasteiger partial charge in [0.2, 0.25) is 0 Å². The number of nitrogens with zero attached hydrogens (tertiary/aromatic N) is 2. The molecule has 0 unspecified atom stereocenters. The predicted octanol–water partition coefficient (Wildman–Crippen LogP) is 2.87. The van der Waals surface area contributed by atoms with Crippen LogP contribution in [-0.4, -0.2) is 47.9 Å². The van der Waals surface area contributed by atoms with Crippen LogP contribution in [0, 0.1) is 0 Å². The molecule has 136 valence electrons. The smallest absolute Gasteiger partial charge is 0.316 e. The van der Waals surface area contributed by atoms with E-state index in [4.69, 9.17) is 9.47 Å². The Balaban J connectivity index is 1.83. The van der Waals surface area contributed by atoms with Gasteiger partial charge in [0.05, 0.1) is 20.8 Å². The molecule has 0 aliphatic carbocycles. The van der Waals surface area contributed by atoms with Crippen LogP contribution in [0.1, 0.15) is 12.0 Å². The monoisotopic (exact) mass is 371 g/mol. The van der Waals surface area contributed by atoms with Crippen LogP contribution in [0.5, 0.6) is 11.5 Å². The summed E-state index contributed by atoms with van der Waals surface area (Å²) in [6, 6.07) is 15.7. The van der Waals surface area contributed by atoms with Crippen LogP contribution >= 0.6 is 11.8 Å². The molecule has 0 fully saturated rings. The minimum Gasteiger partial charge on any atom is -0.497 e. The van der Waals surface area contributed by atoms with Gasteiger partial charge >= 0.3 is 5.17 Å². The van der Waals surface area contributed by atoms with Crippen LogP contribution in [0.3, 0.4) is 0 Å². The summed E-state index contributed by atoms with van der Waals surface area (Å²) in [5.41, 5.74) is 0.760. The van der Waals surface area contributed by atoms with Crippen LogP contribution in [0.4, 0.5) is 5.69 Å². The zero-order valence-electron chi connectivity index (χ0n) is 15.0. The van der Waals surface area contributed by atoms with E-state index in [0.717, 1.165) is 46.6 Å². The van der Waals surface area contributed by atoms with Gasteiger partial charge in [-0.2, -0.15) is 0 Å². The maximum atomic E-state index is 11.7. The first-order valence-electron chi connectivity index (χ1n) is 8.72. The zero-order chi connectivity index (χ0) is 18.1. The second-order valence-electron chi connectivity index (χ2n) is 6.44. The Morgan fingerprint density at radius 1 is 1.12 bits per heavy atom. The second kappa shape index (κ2) is 6.85. The van der Waals surface area contributed by atoms with E-state index < -0.39 is 5.72 Å². The summed E-state index contributed by atoms with van der Waals surface area (Å²) in [5.74, 6) is 2.57. The van der Waals surface area contributed by atoms with Crippen molar-refractivity contribution in [2.24, 2.45) is 0 Å². The lowest BCUT2D eigenvalue weighted by Crippen LogP contribution is -2.41. The molecule has 0 aromatic heterocycles. The minimum atomic E-state index is -1.06. The van der Waals surface area contributed by atoms with Gasteiger partial charge < -0.3 is 14.6 Å². The number of hydrogen-bond acceptors (Lipinski definition) is 5. The number of anilines is 1. The summed E-state index contributed by atoms with van der Waals surface area (Å²) < 4.78 is 13.1. The molecular formula is C20H23N2O3S+. The first-order valence-corrected chi connectivity index (χ1v) is 9.71. The molecule has 0 saturated carbocycles. The fraction of sp³-hybridized carbons (Fsp3) is 0.350. The number of amidine groups is 1. The number of ether oxygens (including phenoxy) is 2. The van der Waals surface area contributed by atoms with Crippen molar-refractivity contribution in [3.63, 3.8) is 0 Å². The van der Waals surface area contributed by atoms with E-state index in [0.29, 0.717) is 6.54 Å². The third-order valence-corrected chi connectivity index (χ3v) is 6.15. The maximum absolute atomic E-state index is 11.7. The number of hydrogen-bond donors (Lipinski definition) is 1. The van der Waals surface area contributed by atoms with Crippen molar-refractivity contribution >= 4 is 22.6 Å². The normalized spacial score (nSPS) is 22.3. The van der Waals surface area contributed by atoms with E-state index >= 15 is 0 Å². The molecule has 0 saturated heterocycles. The maximum Gasteiger partial charge on any atom is 0.316 e. The molecule has 2 aliphatic rings. The van der Waals surface area contributed by atoms with E-state index in [9.17, 15) is 5.11 Å². The molecule has 4 rings (SSSR count). The number of β-amino-alcohol motifs (C(OH)–C–C–N with tert-alkyl or cyclic N) is 1. The Morgan fingerprint density at radius 3 is 2.65 bits per heavy atom. The van der Waals surface area contributed by atoms with Gasteiger partial charge in [0.15, 0.2) is 18.0 Å². The Hall–Kier alpha value is -2.18. The Bertz CT molecular complexity index is 840. The van der Waals surface area contributed by atoms with E-state index in [1.54, 1.807) is 26.0 Å². The molecule has 0 radical (unpaired) electrons. The van der Waals surface area contributed by atoms with Crippen molar-refractivity contribution in [3.05, 3.63) is 54.1 Å². The van der Waals surface area contributed by atoms with Crippen molar-refractivity contribution in [2.45, 2.75) is 12.1 Å². The van der Waals surface area contributed by atoms with Crippen molar-refractivity contribution in [3.8, 4) is 11.5 Å². The van der Waals surface area contributed by atoms with Crippen LogP contribution in [0.15, 0.2) is 48.5 Å². The molecular weight excluding hydrogens is 348 g/mol. The van der Waals surface area contributed by atoms with Crippen LogP contribution in [0.25, 0.3) is 0 Å². The predicted molar refractivity (Wildman–Crippen MR) is 104 cm³/mol. The highest BCUT2D eigenvalue weighted by Crippen LogP contribution is 2.41. The summed E-state index contributed by atoms with van der Waals surface area (Å²) >= 11 is 1.78. The molecule has 26 heavy (non-hydrogen) atoms. The molecule has 0 spiro atoms. The van der Waals surface area contributed by atoms with Crippen molar-refractivity contribution < 1.29 is 19.2 Å². The van der Waals surface area contributed by atoms with Gasteiger partial charge in [-0.25, -0.2) is 9.48 Å². The number of thioether (sulfide) groups is 1. The summed E-state index contributed by atoms with van der Waals surface area (Å²) in [5, 5.41) is 12.7. The quantitative estimate of drug-likeness (QED) is 0.838. The van der Waals surface area contributed by atoms with Crippen molar-refractivity contribution in [1.29, 1.82) is 0 Å². The zero-order valence-corrected chi connectivity index (χ0v) is 15.8. The lowest BCUT2D eigenvalue weighted by atomic mass is 10.0. The van der Waals surface area contributed by atoms with Crippen molar-refractivity contribution in [1.82, 2.24) is 0 Å². The minimum absolute atomic E-state index is 0.447. The molecule has 5 nitrogen and oxygen atoms in total. The largest absolute Gasteiger partial charge is 0.497 e. The number of benzene rings is 2. The van der Waals surface area contributed by atoms with Gasteiger partial charge in [0.1, 0.15) is 5.75 Å².